The van der Waals surface area contributed by atoms with Crippen molar-refractivity contribution < 1.29 is 4.79 Å². The maximum atomic E-state index is 12.8. The van der Waals surface area contributed by atoms with Gasteiger partial charge in [0.25, 0.3) is 5.91 Å². The number of imidazole rings is 1. The third-order valence-corrected chi connectivity index (χ3v) is 5.19. The van der Waals surface area contributed by atoms with Crippen LogP contribution in [0, 0.1) is 6.92 Å². The van der Waals surface area contributed by atoms with Crippen LogP contribution in [0.2, 0.25) is 0 Å². The molecule has 1 aliphatic rings. The van der Waals surface area contributed by atoms with Gasteiger partial charge in [0.15, 0.2) is 0 Å². The van der Waals surface area contributed by atoms with E-state index in [1.807, 2.05) is 35.8 Å². The average Bonchev–Trinajstić information content (AvgIpc) is 3.07. The van der Waals surface area contributed by atoms with Crippen molar-refractivity contribution in [1.29, 1.82) is 0 Å². The van der Waals surface area contributed by atoms with E-state index >= 15 is 0 Å². The fraction of sp³-hybridized carbons (Fsp3) is 0.350. The molecule has 1 amide bonds. The lowest BCUT2D eigenvalue weighted by molar-refractivity contribution is 0.0705. The van der Waals surface area contributed by atoms with E-state index in [0.717, 1.165) is 42.3 Å². The van der Waals surface area contributed by atoms with Crippen molar-refractivity contribution >= 4 is 5.91 Å². The van der Waals surface area contributed by atoms with Crippen LogP contribution >= 0.6 is 0 Å². The van der Waals surface area contributed by atoms with Crippen molar-refractivity contribution in [3.63, 3.8) is 0 Å². The molecule has 1 atom stereocenters. The first kappa shape index (κ1) is 17.3. The SMILES string of the molecule is Cc1ncc(-c2cncc(C3CCCN(C(=O)c4ccncc4)C3)n2)n1C. The summed E-state index contributed by atoms with van der Waals surface area (Å²) in [6, 6.07) is 3.52. The molecule has 1 fully saturated rings. The van der Waals surface area contributed by atoms with Gasteiger partial charge >= 0.3 is 0 Å². The maximum absolute atomic E-state index is 12.8. The summed E-state index contributed by atoms with van der Waals surface area (Å²) in [5, 5.41) is 0. The number of amides is 1. The van der Waals surface area contributed by atoms with Gasteiger partial charge in [0.1, 0.15) is 11.5 Å². The lowest BCUT2D eigenvalue weighted by atomic mass is 9.94. The van der Waals surface area contributed by atoms with Gasteiger partial charge in [-0.3, -0.25) is 14.8 Å². The number of carbonyl (C=O) groups excluding carboxylic acids is 1. The van der Waals surface area contributed by atoms with Gasteiger partial charge in [-0.05, 0) is 31.9 Å². The third-order valence-electron chi connectivity index (χ3n) is 5.19. The first-order valence-corrected chi connectivity index (χ1v) is 9.13. The Morgan fingerprint density at radius 2 is 1.96 bits per heavy atom. The van der Waals surface area contributed by atoms with Crippen LogP contribution < -0.4 is 0 Å². The van der Waals surface area contributed by atoms with Crippen LogP contribution in [0.15, 0.2) is 43.1 Å². The van der Waals surface area contributed by atoms with Crippen LogP contribution in [0.25, 0.3) is 11.4 Å². The Bertz CT molecular complexity index is 952. The molecule has 1 unspecified atom stereocenters. The lowest BCUT2D eigenvalue weighted by Crippen LogP contribution is -2.39. The zero-order valence-corrected chi connectivity index (χ0v) is 15.5. The summed E-state index contributed by atoms with van der Waals surface area (Å²) in [5.74, 6) is 1.17. The average molecular weight is 362 g/mol. The molecule has 7 heteroatoms. The molecule has 1 aliphatic heterocycles. The van der Waals surface area contributed by atoms with Crippen molar-refractivity contribution in [2.45, 2.75) is 25.7 Å². The van der Waals surface area contributed by atoms with Crippen LogP contribution in [0.1, 0.15) is 40.6 Å². The van der Waals surface area contributed by atoms with Crippen LogP contribution in [0.3, 0.4) is 0 Å². The minimum atomic E-state index is 0.0495. The summed E-state index contributed by atoms with van der Waals surface area (Å²) in [7, 11) is 1.97. The van der Waals surface area contributed by atoms with Crippen LogP contribution in [0.4, 0.5) is 0 Å². The highest BCUT2D eigenvalue weighted by Gasteiger charge is 2.27. The van der Waals surface area contributed by atoms with Crippen LogP contribution in [0.5, 0.6) is 0 Å². The molecule has 0 radical (unpaired) electrons. The molecule has 0 N–H and O–H groups in total. The van der Waals surface area contributed by atoms with Gasteiger partial charge in [-0.1, -0.05) is 0 Å². The molecule has 0 aromatic carbocycles. The Labute approximate surface area is 158 Å². The Morgan fingerprint density at radius 3 is 2.70 bits per heavy atom. The number of likely N-dealkylation sites (tertiary alicyclic amines) is 1. The van der Waals surface area contributed by atoms with Gasteiger partial charge in [-0.25, -0.2) is 9.97 Å². The standard InChI is InChI=1S/C20H22N6O/c1-14-23-12-19(25(14)2)18-11-22-10-17(24-18)16-4-3-9-26(13-16)20(27)15-5-7-21-8-6-15/h5-8,10-12,16H,3-4,9,13H2,1-2H3. The van der Waals surface area contributed by atoms with E-state index in [0.29, 0.717) is 12.1 Å². The van der Waals surface area contributed by atoms with Gasteiger partial charge < -0.3 is 9.47 Å². The predicted octanol–water partition coefficient (Wildman–Crippen LogP) is 2.60. The number of aryl methyl sites for hydroxylation is 1. The van der Waals surface area contributed by atoms with Gasteiger partial charge in [-0.15, -0.1) is 0 Å². The van der Waals surface area contributed by atoms with Crippen molar-refractivity contribution in [1.82, 2.24) is 29.4 Å². The maximum Gasteiger partial charge on any atom is 0.253 e. The van der Waals surface area contributed by atoms with Crippen molar-refractivity contribution in [3.05, 3.63) is 60.2 Å². The number of pyridine rings is 1. The van der Waals surface area contributed by atoms with Crippen LogP contribution in [-0.2, 0) is 7.05 Å². The van der Waals surface area contributed by atoms with E-state index in [-0.39, 0.29) is 11.8 Å². The number of aromatic nitrogens is 5. The Kier molecular flexibility index (Phi) is 4.66. The van der Waals surface area contributed by atoms with E-state index < -0.39 is 0 Å². The molecule has 0 spiro atoms. The number of hydrogen-bond acceptors (Lipinski definition) is 5. The largest absolute Gasteiger partial charge is 0.338 e. The lowest BCUT2D eigenvalue weighted by Gasteiger charge is -2.32. The number of hydrogen-bond donors (Lipinski definition) is 0. The first-order valence-electron chi connectivity index (χ1n) is 9.13. The molecular weight excluding hydrogens is 340 g/mol. The van der Waals surface area contributed by atoms with E-state index in [2.05, 4.69) is 15.0 Å². The molecular formula is C20H22N6O. The smallest absolute Gasteiger partial charge is 0.253 e. The summed E-state index contributed by atoms with van der Waals surface area (Å²) >= 11 is 0. The Morgan fingerprint density at radius 1 is 1.15 bits per heavy atom. The topological polar surface area (TPSA) is 76.8 Å². The normalized spacial score (nSPS) is 17.1. The fourth-order valence-corrected chi connectivity index (χ4v) is 3.52. The Balaban J connectivity index is 1.56. The van der Waals surface area contributed by atoms with E-state index in [1.54, 1.807) is 30.7 Å². The number of piperidine rings is 1. The zero-order valence-electron chi connectivity index (χ0n) is 15.5. The van der Waals surface area contributed by atoms with Crippen molar-refractivity contribution in [2.24, 2.45) is 7.05 Å². The second-order valence-corrected chi connectivity index (χ2v) is 6.91. The monoisotopic (exact) mass is 362 g/mol. The molecule has 1 saturated heterocycles. The number of rotatable bonds is 3. The summed E-state index contributed by atoms with van der Waals surface area (Å²) in [6.07, 6.45) is 10.7. The van der Waals surface area contributed by atoms with Crippen molar-refractivity contribution in [3.8, 4) is 11.4 Å². The highest BCUT2D eigenvalue weighted by molar-refractivity contribution is 5.94. The second-order valence-electron chi connectivity index (χ2n) is 6.91. The predicted molar refractivity (Wildman–Crippen MR) is 101 cm³/mol. The highest BCUT2D eigenvalue weighted by Crippen LogP contribution is 2.28. The fourth-order valence-electron chi connectivity index (χ4n) is 3.52. The minimum absolute atomic E-state index is 0.0495. The summed E-state index contributed by atoms with van der Waals surface area (Å²) in [5.41, 5.74) is 3.37. The van der Waals surface area contributed by atoms with Gasteiger partial charge in [0.05, 0.1) is 23.8 Å². The molecule has 4 rings (SSSR count). The molecule has 0 aliphatic carbocycles. The van der Waals surface area contributed by atoms with Gasteiger partial charge in [-0.2, -0.15) is 0 Å². The molecule has 4 heterocycles. The number of carbonyl (C=O) groups is 1. The summed E-state index contributed by atoms with van der Waals surface area (Å²) in [4.78, 5) is 32.2. The first-order chi connectivity index (χ1) is 13.1. The van der Waals surface area contributed by atoms with Gasteiger partial charge in [0, 0.05) is 50.2 Å². The van der Waals surface area contributed by atoms with Crippen LogP contribution in [-0.4, -0.2) is 48.4 Å². The number of nitrogens with zero attached hydrogens (tertiary/aromatic N) is 6. The molecule has 27 heavy (non-hydrogen) atoms. The highest BCUT2D eigenvalue weighted by atomic mass is 16.2. The summed E-state index contributed by atoms with van der Waals surface area (Å²) < 4.78 is 2.01. The zero-order chi connectivity index (χ0) is 18.8. The molecule has 0 bridgehead atoms. The summed E-state index contributed by atoms with van der Waals surface area (Å²) in [6.45, 7) is 3.39. The van der Waals surface area contributed by atoms with Gasteiger partial charge in [0.2, 0.25) is 0 Å². The molecule has 3 aromatic heterocycles. The second kappa shape index (κ2) is 7.26. The van der Waals surface area contributed by atoms with Crippen molar-refractivity contribution in [2.75, 3.05) is 13.1 Å². The van der Waals surface area contributed by atoms with E-state index in [1.165, 1.54) is 0 Å². The van der Waals surface area contributed by atoms with E-state index in [4.69, 9.17) is 4.98 Å². The molecule has 3 aromatic rings. The molecule has 7 nitrogen and oxygen atoms in total. The third kappa shape index (κ3) is 3.45. The molecule has 0 saturated carbocycles. The Hall–Kier alpha value is -3.09. The molecule has 138 valence electrons. The minimum Gasteiger partial charge on any atom is -0.338 e. The van der Waals surface area contributed by atoms with E-state index in [9.17, 15) is 4.79 Å². The quantitative estimate of drug-likeness (QED) is 0.716.